The number of benzene rings is 2. The Balaban J connectivity index is 1.48. The van der Waals surface area contributed by atoms with Gasteiger partial charge in [-0.2, -0.15) is 5.10 Å². The highest BCUT2D eigenvalue weighted by Gasteiger charge is 2.12. The minimum atomic E-state index is -0.636. The summed E-state index contributed by atoms with van der Waals surface area (Å²) in [5, 5.41) is 10.4. The first kappa shape index (κ1) is 20.7. The Morgan fingerprint density at radius 2 is 2.10 bits per heavy atom. The third kappa shape index (κ3) is 4.64. The van der Waals surface area contributed by atoms with E-state index in [0.717, 1.165) is 23.7 Å². The summed E-state index contributed by atoms with van der Waals surface area (Å²) in [5.41, 5.74) is 3.03. The van der Waals surface area contributed by atoms with Crippen LogP contribution in [-0.4, -0.2) is 25.7 Å². The molecule has 0 saturated carbocycles. The van der Waals surface area contributed by atoms with Crippen LogP contribution in [0.2, 0.25) is 5.02 Å². The first-order chi connectivity index (χ1) is 14.9. The van der Waals surface area contributed by atoms with Crippen molar-refractivity contribution in [3.8, 4) is 0 Å². The number of carbonyl (C=O) groups is 1. The highest BCUT2D eigenvalue weighted by molar-refractivity contribution is 6.30. The fourth-order valence-corrected chi connectivity index (χ4v) is 3.23. The van der Waals surface area contributed by atoms with Crippen molar-refractivity contribution in [1.29, 1.82) is 0 Å². The molecule has 1 amide bonds. The summed E-state index contributed by atoms with van der Waals surface area (Å²) < 4.78 is 15.4. The van der Waals surface area contributed by atoms with E-state index in [9.17, 15) is 9.18 Å². The zero-order valence-electron chi connectivity index (χ0n) is 16.9. The largest absolute Gasteiger partial charge is 0.362 e. The summed E-state index contributed by atoms with van der Waals surface area (Å²) in [4.78, 5) is 21.3. The van der Waals surface area contributed by atoms with Crippen LogP contribution in [0.15, 0.2) is 54.9 Å². The van der Waals surface area contributed by atoms with E-state index in [-0.39, 0.29) is 16.6 Å². The monoisotopic (exact) mass is 438 g/mol. The van der Waals surface area contributed by atoms with Gasteiger partial charge in [-0.15, -0.1) is 0 Å². The van der Waals surface area contributed by atoms with Crippen molar-refractivity contribution in [2.45, 2.75) is 26.4 Å². The van der Waals surface area contributed by atoms with E-state index in [2.05, 4.69) is 25.7 Å². The normalized spacial score (nSPS) is 12.0. The first-order valence-corrected chi connectivity index (χ1v) is 10.1. The number of hydrogen-bond acceptors (Lipinski definition) is 5. The SMILES string of the molecule is CCn1cc2ncc(N[C@@H](C)c3cccc(NC(=O)c4ccc(Cl)c(F)c4)c3)nc2n1. The number of carbonyl (C=O) groups excluding carboxylic acids is 1. The minimum absolute atomic E-state index is 0.0267. The van der Waals surface area contributed by atoms with Crippen molar-refractivity contribution in [3.63, 3.8) is 0 Å². The van der Waals surface area contributed by atoms with Gasteiger partial charge in [0.15, 0.2) is 0 Å². The Bertz CT molecular complexity index is 1260. The standard InChI is InChI=1S/C22H20ClFN6O/c1-3-30-12-19-21(29-30)28-20(11-25-19)26-13(2)14-5-4-6-16(9-14)27-22(31)15-7-8-17(23)18(24)10-15/h4-13H,3H2,1-2H3,(H,27,31)(H,26,28,29)/t13-/m0/s1. The van der Waals surface area contributed by atoms with Crippen LogP contribution >= 0.6 is 11.6 Å². The van der Waals surface area contributed by atoms with Crippen molar-refractivity contribution in [3.05, 3.63) is 76.8 Å². The van der Waals surface area contributed by atoms with Gasteiger partial charge in [-0.1, -0.05) is 23.7 Å². The summed E-state index contributed by atoms with van der Waals surface area (Å²) in [6.07, 6.45) is 3.52. The number of rotatable bonds is 6. The Labute approximate surface area is 183 Å². The summed E-state index contributed by atoms with van der Waals surface area (Å²) in [6.45, 7) is 4.73. The summed E-state index contributed by atoms with van der Waals surface area (Å²) in [5.74, 6) is -0.452. The zero-order chi connectivity index (χ0) is 22.0. The van der Waals surface area contributed by atoms with Crippen molar-refractivity contribution in [1.82, 2.24) is 19.7 Å². The second-order valence-electron chi connectivity index (χ2n) is 7.02. The maximum atomic E-state index is 13.6. The molecule has 2 heterocycles. The number of hydrogen-bond donors (Lipinski definition) is 2. The van der Waals surface area contributed by atoms with Crippen LogP contribution < -0.4 is 10.6 Å². The fraction of sp³-hybridized carbons (Fsp3) is 0.182. The number of nitrogens with one attached hydrogen (secondary N) is 2. The molecule has 2 N–H and O–H groups in total. The van der Waals surface area contributed by atoms with Crippen molar-refractivity contribution < 1.29 is 9.18 Å². The smallest absolute Gasteiger partial charge is 0.255 e. The van der Waals surface area contributed by atoms with Gasteiger partial charge in [-0.25, -0.2) is 14.4 Å². The van der Waals surface area contributed by atoms with E-state index < -0.39 is 11.7 Å². The highest BCUT2D eigenvalue weighted by atomic mass is 35.5. The van der Waals surface area contributed by atoms with Gasteiger partial charge in [-0.05, 0) is 49.7 Å². The molecule has 4 rings (SSSR count). The average molecular weight is 439 g/mol. The fourth-order valence-electron chi connectivity index (χ4n) is 3.11. The third-order valence-corrected chi connectivity index (χ3v) is 5.10. The Morgan fingerprint density at radius 3 is 2.87 bits per heavy atom. The van der Waals surface area contributed by atoms with Gasteiger partial charge >= 0.3 is 0 Å². The van der Waals surface area contributed by atoms with E-state index in [0.29, 0.717) is 17.2 Å². The molecule has 0 bridgehead atoms. The van der Waals surface area contributed by atoms with E-state index in [1.807, 2.05) is 38.2 Å². The summed E-state index contributed by atoms with van der Waals surface area (Å²) in [6, 6.07) is 11.2. The second-order valence-corrected chi connectivity index (χ2v) is 7.43. The maximum absolute atomic E-state index is 13.6. The predicted molar refractivity (Wildman–Crippen MR) is 119 cm³/mol. The van der Waals surface area contributed by atoms with Crippen LogP contribution in [0.3, 0.4) is 0 Å². The molecule has 7 nitrogen and oxygen atoms in total. The maximum Gasteiger partial charge on any atom is 0.255 e. The van der Waals surface area contributed by atoms with Crippen LogP contribution in [0.4, 0.5) is 15.9 Å². The minimum Gasteiger partial charge on any atom is -0.362 e. The number of aryl methyl sites for hydroxylation is 1. The van der Waals surface area contributed by atoms with Crippen LogP contribution in [0, 0.1) is 5.82 Å². The van der Waals surface area contributed by atoms with Crippen LogP contribution in [0.25, 0.3) is 11.2 Å². The number of fused-ring (bicyclic) bond motifs is 1. The quantitative estimate of drug-likeness (QED) is 0.439. The lowest BCUT2D eigenvalue weighted by molar-refractivity contribution is 0.102. The number of anilines is 2. The molecule has 2 aromatic heterocycles. The molecule has 0 radical (unpaired) electrons. The van der Waals surface area contributed by atoms with Crippen LogP contribution in [0.1, 0.15) is 35.8 Å². The number of nitrogens with zero attached hydrogens (tertiary/aromatic N) is 4. The van der Waals surface area contributed by atoms with Gasteiger partial charge in [0.1, 0.15) is 17.2 Å². The molecule has 158 valence electrons. The van der Waals surface area contributed by atoms with Gasteiger partial charge in [0.2, 0.25) is 5.65 Å². The molecule has 0 aliphatic carbocycles. The average Bonchev–Trinajstić information content (AvgIpc) is 3.18. The number of aromatic nitrogens is 4. The molecule has 4 aromatic rings. The molecular formula is C22H20ClFN6O. The molecule has 0 aliphatic rings. The summed E-state index contributed by atoms with van der Waals surface area (Å²) >= 11 is 5.68. The molecular weight excluding hydrogens is 419 g/mol. The lowest BCUT2D eigenvalue weighted by atomic mass is 10.1. The van der Waals surface area contributed by atoms with Gasteiger partial charge < -0.3 is 10.6 Å². The van der Waals surface area contributed by atoms with Gasteiger partial charge in [0.05, 0.1) is 23.5 Å². The Morgan fingerprint density at radius 1 is 1.26 bits per heavy atom. The Kier molecular flexibility index (Phi) is 5.81. The highest BCUT2D eigenvalue weighted by Crippen LogP contribution is 2.22. The lowest BCUT2D eigenvalue weighted by Gasteiger charge is -2.16. The van der Waals surface area contributed by atoms with Crippen molar-refractivity contribution in [2.24, 2.45) is 0 Å². The molecule has 1 atom stereocenters. The molecule has 0 spiro atoms. The Hall–Kier alpha value is -3.52. The molecule has 0 unspecified atom stereocenters. The van der Waals surface area contributed by atoms with Crippen LogP contribution in [0.5, 0.6) is 0 Å². The topological polar surface area (TPSA) is 84.7 Å². The van der Waals surface area contributed by atoms with Gasteiger partial charge in [0.25, 0.3) is 5.91 Å². The zero-order valence-corrected chi connectivity index (χ0v) is 17.7. The first-order valence-electron chi connectivity index (χ1n) is 9.76. The molecule has 9 heteroatoms. The third-order valence-electron chi connectivity index (χ3n) is 4.79. The van der Waals surface area contributed by atoms with Gasteiger partial charge in [0, 0.05) is 17.8 Å². The molecule has 2 aromatic carbocycles. The summed E-state index contributed by atoms with van der Waals surface area (Å²) in [7, 11) is 0. The van der Waals surface area contributed by atoms with Gasteiger partial charge in [-0.3, -0.25) is 9.48 Å². The lowest BCUT2D eigenvalue weighted by Crippen LogP contribution is -2.13. The number of amides is 1. The van der Waals surface area contributed by atoms with Crippen molar-refractivity contribution in [2.75, 3.05) is 10.6 Å². The van der Waals surface area contributed by atoms with Crippen LogP contribution in [-0.2, 0) is 6.54 Å². The predicted octanol–water partition coefficient (Wildman–Crippen LogP) is 5.06. The van der Waals surface area contributed by atoms with E-state index >= 15 is 0 Å². The van der Waals surface area contributed by atoms with E-state index in [4.69, 9.17) is 11.6 Å². The van der Waals surface area contributed by atoms with E-state index in [1.165, 1.54) is 12.1 Å². The molecule has 31 heavy (non-hydrogen) atoms. The second kappa shape index (κ2) is 8.69. The molecule has 0 aliphatic heterocycles. The van der Waals surface area contributed by atoms with E-state index in [1.54, 1.807) is 16.9 Å². The van der Waals surface area contributed by atoms with Crippen molar-refractivity contribution >= 4 is 40.2 Å². The number of halogens is 2. The molecule has 0 fully saturated rings. The molecule has 0 saturated heterocycles.